The summed E-state index contributed by atoms with van der Waals surface area (Å²) in [6.45, 7) is 4.67. The van der Waals surface area contributed by atoms with Crippen LogP contribution in [0.1, 0.15) is 31.1 Å². The van der Waals surface area contributed by atoms with E-state index in [1.807, 2.05) is 65.2 Å². The Morgan fingerprint density at radius 1 is 1.09 bits per heavy atom. The molecule has 0 unspecified atom stereocenters. The van der Waals surface area contributed by atoms with Gasteiger partial charge in [0.05, 0.1) is 18.6 Å². The first-order valence-electron chi connectivity index (χ1n) is 10.2. The van der Waals surface area contributed by atoms with Crippen molar-refractivity contribution < 1.29 is 9.21 Å². The number of halogens is 1. The Labute approximate surface area is 196 Å². The summed E-state index contributed by atoms with van der Waals surface area (Å²) in [5.74, 6) is 1.90. The first-order chi connectivity index (χ1) is 15.5. The Bertz CT molecular complexity index is 1190. The maximum atomic E-state index is 12.7. The normalized spacial score (nSPS) is 11.1. The third-order valence-corrected chi connectivity index (χ3v) is 6.12. The van der Waals surface area contributed by atoms with Gasteiger partial charge >= 0.3 is 0 Å². The zero-order chi connectivity index (χ0) is 22.5. The number of hydrogen-bond donors (Lipinski definition) is 1. The van der Waals surface area contributed by atoms with Gasteiger partial charge in [0.2, 0.25) is 5.91 Å². The Hall–Kier alpha value is -3.03. The van der Waals surface area contributed by atoms with E-state index in [-0.39, 0.29) is 11.7 Å². The van der Waals surface area contributed by atoms with Crippen molar-refractivity contribution in [3.8, 4) is 11.4 Å². The minimum atomic E-state index is -0.0938. The van der Waals surface area contributed by atoms with E-state index in [4.69, 9.17) is 16.0 Å². The predicted molar refractivity (Wildman–Crippen MR) is 128 cm³/mol. The van der Waals surface area contributed by atoms with Crippen molar-refractivity contribution in [2.75, 3.05) is 11.1 Å². The fourth-order valence-electron chi connectivity index (χ4n) is 3.34. The lowest BCUT2D eigenvalue weighted by atomic mass is 10.0. The topological polar surface area (TPSA) is 73.0 Å². The lowest BCUT2D eigenvalue weighted by molar-refractivity contribution is -0.113. The van der Waals surface area contributed by atoms with Crippen LogP contribution in [-0.4, -0.2) is 26.4 Å². The highest BCUT2D eigenvalue weighted by molar-refractivity contribution is 7.99. The second-order valence-corrected chi connectivity index (χ2v) is 8.94. The van der Waals surface area contributed by atoms with Gasteiger partial charge in [-0.1, -0.05) is 55.4 Å². The Morgan fingerprint density at radius 2 is 1.88 bits per heavy atom. The summed E-state index contributed by atoms with van der Waals surface area (Å²) in [5, 5.41) is 13.0. The van der Waals surface area contributed by atoms with Crippen molar-refractivity contribution in [2.45, 2.75) is 31.5 Å². The number of nitrogens with one attached hydrogen (secondary N) is 1. The van der Waals surface area contributed by atoms with Crippen LogP contribution in [0.2, 0.25) is 5.02 Å². The highest BCUT2D eigenvalue weighted by Crippen LogP contribution is 2.27. The highest BCUT2D eigenvalue weighted by atomic mass is 35.5. The summed E-state index contributed by atoms with van der Waals surface area (Å²) < 4.78 is 7.47. The molecule has 2 heterocycles. The molecule has 0 bridgehead atoms. The van der Waals surface area contributed by atoms with Gasteiger partial charge in [-0.05, 0) is 53.9 Å². The van der Waals surface area contributed by atoms with Gasteiger partial charge < -0.3 is 9.73 Å². The summed E-state index contributed by atoms with van der Waals surface area (Å²) in [4.78, 5) is 12.7. The fourth-order valence-corrected chi connectivity index (χ4v) is 4.20. The van der Waals surface area contributed by atoms with Gasteiger partial charge in [0.25, 0.3) is 0 Å². The van der Waals surface area contributed by atoms with E-state index in [2.05, 4.69) is 29.4 Å². The predicted octanol–water partition coefficient (Wildman–Crippen LogP) is 6.09. The van der Waals surface area contributed by atoms with Crippen molar-refractivity contribution in [3.05, 3.63) is 83.3 Å². The van der Waals surface area contributed by atoms with Crippen molar-refractivity contribution in [1.82, 2.24) is 14.8 Å². The first kappa shape index (κ1) is 22.2. The third kappa shape index (κ3) is 5.23. The van der Waals surface area contributed by atoms with Crippen molar-refractivity contribution in [1.29, 1.82) is 0 Å². The molecule has 0 aliphatic heterocycles. The van der Waals surface area contributed by atoms with Crippen molar-refractivity contribution in [2.24, 2.45) is 0 Å². The number of hydrogen-bond acceptors (Lipinski definition) is 5. The van der Waals surface area contributed by atoms with E-state index in [1.165, 1.54) is 11.8 Å². The molecule has 0 saturated heterocycles. The molecule has 0 fully saturated rings. The zero-order valence-corrected chi connectivity index (χ0v) is 19.4. The molecule has 0 saturated carbocycles. The summed E-state index contributed by atoms with van der Waals surface area (Å²) in [5.41, 5.74) is 2.83. The third-order valence-electron chi connectivity index (χ3n) is 4.90. The summed E-state index contributed by atoms with van der Waals surface area (Å²) in [6, 6.07) is 19.0. The fraction of sp³-hybridized carbons (Fsp3) is 0.208. The van der Waals surface area contributed by atoms with E-state index < -0.39 is 0 Å². The minimum absolute atomic E-state index is 0.0938. The van der Waals surface area contributed by atoms with Gasteiger partial charge in [-0.2, -0.15) is 0 Å². The number of nitrogens with zero attached hydrogens (tertiary/aromatic N) is 3. The number of rotatable bonds is 8. The zero-order valence-electron chi connectivity index (χ0n) is 17.8. The van der Waals surface area contributed by atoms with E-state index in [1.54, 1.807) is 6.26 Å². The lowest BCUT2D eigenvalue weighted by Gasteiger charge is -2.13. The van der Waals surface area contributed by atoms with Crippen LogP contribution in [0.3, 0.4) is 0 Å². The van der Waals surface area contributed by atoms with Gasteiger partial charge in [-0.25, -0.2) is 0 Å². The first-order valence-corrected chi connectivity index (χ1v) is 11.6. The van der Waals surface area contributed by atoms with E-state index in [0.717, 1.165) is 22.6 Å². The Kier molecular flexibility index (Phi) is 6.97. The molecular formula is C24H23ClN4O2S. The number of carbonyl (C=O) groups excluding carboxylic acids is 1. The second-order valence-electron chi connectivity index (χ2n) is 7.56. The number of para-hydroxylation sites is 1. The molecule has 1 N–H and O–H groups in total. The molecule has 32 heavy (non-hydrogen) atoms. The number of benzene rings is 2. The number of aromatic nitrogens is 3. The summed E-state index contributed by atoms with van der Waals surface area (Å²) in [6.07, 6.45) is 1.63. The standard InChI is InChI=1S/C24H23ClN4O2S/c1-16(2)20-7-3-4-8-21(20)26-22(30)15-32-24-28-27-23(17-9-11-18(25)12-10-17)29(24)14-19-6-5-13-31-19/h3-13,16H,14-15H2,1-2H3,(H,26,30). The van der Waals surface area contributed by atoms with Crippen LogP contribution in [0.15, 0.2) is 76.5 Å². The average Bonchev–Trinajstić information content (AvgIpc) is 3.44. The van der Waals surface area contributed by atoms with Crippen LogP contribution >= 0.6 is 23.4 Å². The molecule has 2 aromatic carbocycles. The monoisotopic (exact) mass is 466 g/mol. The summed E-state index contributed by atoms with van der Waals surface area (Å²) in [7, 11) is 0. The van der Waals surface area contributed by atoms with Crippen LogP contribution in [0.25, 0.3) is 11.4 Å². The van der Waals surface area contributed by atoms with Gasteiger partial charge in [-0.15, -0.1) is 10.2 Å². The van der Waals surface area contributed by atoms with E-state index in [0.29, 0.717) is 28.5 Å². The quantitative estimate of drug-likeness (QED) is 0.318. The molecule has 4 aromatic rings. The number of furan rings is 1. The largest absolute Gasteiger partial charge is 0.467 e. The Balaban J connectivity index is 1.53. The van der Waals surface area contributed by atoms with E-state index >= 15 is 0 Å². The van der Waals surface area contributed by atoms with Crippen molar-refractivity contribution in [3.63, 3.8) is 0 Å². The van der Waals surface area contributed by atoms with Crippen molar-refractivity contribution >= 4 is 35.0 Å². The highest BCUT2D eigenvalue weighted by Gasteiger charge is 2.18. The summed E-state index contributed by atoms with van der Waals surface area (Å²) >= 11 is 7.37. The molecule has 4 rings (SSSR count). The van der Waals surface area contributed by atoms with Gasteiger partial charge in [0.1, 0.15) is 5.76 Å². The number of amides is 1. The number of carbonyl (C=O) groups is 1. The maximum absolute atomic E-state index is 12.7. The molecule has 0 atom stereocenters. The number of anilines is 1. The van der Waals surface area contributed by atoms with Gasteiger partial charge in [0, 0.05) is 16.3 Å². The van der Waals surface area contributed by atoms with Crippen LogP contribution in [-0.2, 0) is 11.3 Å². The molecule has 0 spiro atoms. The van der Waals surface area contributed by atoms with Gasteiger partial charge in [-0.3, -0.25) is 9.36 Å². The SMILES string of the molecule is CC(C)c1ccccc1NC(=O)CSc1nnc(-c2ccc(Cl)cc2)n1Cc1ccco1. The maximum Gasteiger partial charge on any atom is 0.234 e. The average molecular weight is 467 g/mol. The van der Waals surface area contributed by atoms with Crippen LogP contribution in [0, 0.1) is 0 Å². The lowest BCUT2D eigenvalue weighted by Crippen LogP contribution is -2.16. The molecule has 0 radical (unpaired) electrons. The van der Waals surface area contributed by atoms with E-state index in [9.17, 15) is 4.79 Å². The molecule has 164 valence electrons. The molecule has 1 amide bonds. The molecule has 0 aliphatic carbocycles. The Morgan fingerprint density at radius 3 is 2.59 bits per heavy atom. The molecule has 8 heteroatoms. The smallest absolute Gasteiger partial charge is 0.234 e. The van der Waals surface area contributed by atoms with Crippen LogP contribution in [0.4, 0.5) is 5.69 Å². The molecule has 2 aromatic heterocycles. The minimum Gasteiger partial charge on any atom is -0.467 e. The van der Waals surface area contributed by atoms with Crippen LogP contribution < -0.4 is 5.32 Å². The second kappa shape index (κ2) is 10.1. The van der Waals surface area contributed by atoms with Gasteiger partial charge in [0.15, 0.2) is 11.0 Å². The molecule has 6 nitrogen and oxygen atoms in total. The molecular weight excluding hydrogens is 444 g/mol. The van der Waals surface area contributed by atoms with Crippen LogP contribution in [0.5, 0.6) is 0 Å². The molecule has 0 aliphatic rings. The number of thioether (sulfide) groups is 1.